The first-order valence-electron chi connectivity index (χ1n) is 5.40. The molecule has 0 amide bonds. The van der Waals surface area contributed by atoms with Gasteiger partial charge in [0.1, 0.15) is 6.42 Å². The van der Waals surface area contributed by atoms with E-state index in [4.69, 9.17) is 4.74 Å². The number of aldehydes is 2. The maximum absolute atomic E-state index is 11.1. The second kappa shape index (κ2) is 7.02. The zero-order valence-corrected chi connectivity index (χ0v) is 9.93. The van der Waals surface area contributed by atoms with Crippen LogP contribution in [-0.4, -0.2) is 25.1 Å². The Bertz CT molecular complexity index is 494. The predicted molar refractivity (Wildman–Crippen MR) is 65.3 cm³/mol. The lowest BCUT2D eigenvalue weighted by Gasteiger charge is -1.99. The summed E-state index contributed by atoms with van der Waals surface area (Å²) in [5, 5.41) is 0. The van der Waals surface area contributed by atoms with E-state index >= 15 is 0 Å². The molecular formula is C14H12O4. The van der Waals surface area contributed by atoms with Crippen molar-refractivity contribution >= 4 is 18.5 Å². The molecule has 92 valence electrons. The number of hydrogen-bond donors (Lipinski definition) is 0. The van der Waals surface area contributed by atoms with E-state index in [-0.39, 0.29) is 6.42 Å². The maximum atomic E-state index is 11.1. The Kier molecular flexibility index (Phi) is 5.33. The van der Waals surface area contributed by atoms with Crippen LogP contribution in [0.3, 0.4) is 0 Å². The number of hydrogen-bond acceptors (Lipinski definition) is 4. The van der Waals surface area contributed by atoms with Crippen molar-refractivity contribution in [1.29, 1.82) is 0 Å². The first kappa shape index (κ1) is 13.7. The molecule has 0 aliphatic carbocycles. The van der Waals surface area contributed by atoms with Crippen molar-refractivity contribution in [1.82, 2.24) is 0 Å². The predicted octanol–water partition coefficient (Wildman–Crippen LogP) is 1.62. The number of esters is 1. The van der Waals surface area contributed by atoms with Crippen LogP contribution in [0.5, 0.6) is 0 Å². The molecule has 0 bridgehead atoms. The molecule has 0 saturated heterocycles. The molecule has 0 atom stereocenters. The number of rotatable bonds is 4. The van der Waals surface area contributed by atoms with Gasteiger partial charge in [-0.1, -0.05) is 30.0 Å². The summed E-state index contributed by atoms with van der Waals surface area (Å²) in [5.41, 5.74) is 0.999. The molecule has 1 rings (SSSR count). The Labute approximate surface area is 105 Å². The quantitative estimate of drug-likeness (QED) is 0.458. The van der Waals surface area contributed by atoms with Crippen LogP contribution in [0.1, 0.15) is 39.6 Å². The molecule has 18 heavy (non-hydrogen) atoms. The highest BCUT2D eigenvalue weighted by atomic mass is 16.5. The molecule has 0 aliphatic heterocycles. The molecule has 0 radical (unpaired) electrons. The van der Waals surface area contributed by atoms with Gasteiger partial charge in [0.15, 0.2) is 12.6 Å². The standard InChI is InChI=1S/C14H12O4/c1-2-18-14(17)8-4-7-13-11(9-15)5-3-6-12(13)10-16/h3,5-6,9-10H,2,8H2,1H3. The van der Waals surface area contributed by atoms with E-state index in [1.165, 1.54) is 0 Å². The minimum Gasteiger partial charge on any atom is -0.465 e. The van der Waals surface area contributed by atoms with E-state index < -0.39 is 5.97 Å². The highest BCUT2D eigenvalue weighted by Crippen LogP contribution is 2.10. The first-order chi connectivity index (χ1) is 8.72. The van der Waals surface area contributed by atoms with Crippen LogP contribution in [0.15, 0.2) is 18.2 Å². The Morgan fingerprint density at radius 2 is 1.89 bits per heavy atom. The molecule has 0 aliphatic rings. The summed E-state index contributed by atoms with van der Waals surface area (Å²) < 4.78 is 4.71. The topological polar surface area (TPSA) is 60.4 Å². The molecule has 0 heterocycles. The number of ether oxygens (including phenoxy) is 1. The molecule has 0 spiro atoms. The lowest BCUT2D eigenvalue weighted by molar-refractivity contribution is -0.141. The summed E-state index contributed by atoms with van der Waals surface area (Å²) in [4.78, 5) is 32.7. The van der Waals surface area contributed by atoms with E-state index in [0.29, 0.717) is 35.9 Å². The normalized spacial score (nSPS) is 8.94. The summed E-state index contributed by atoms with van der Waals surface area (Å²) in [6.45, 7) is 2.00. The fourth-order valence-electron chi connectivity index (χ4n) is 1.35. The molecule has 0 aromatic heterocycles. The van der Waals surface area contributed by atoms with Crippen molar-refractivity contribution < 1.29 is 19.1 Å². The van der Waals surface area contributed by atoms with Crippen molar-refractivity contribution in [2.45, 2.75) is 13.3 Å². The van der Waals surface area contributed by atoms with Gasteiger partial charge < -0.3 is 4.74 Å². The molecule has 4 nitrogen and oxygen atoms in total. The largest absolute Gasteiger partial charge is 0.465 e. The Hall–Kier alpha value is -2.41. The summed E-state index contributed by atoms with van der Waals surface area (Å²) in [7, 11) is 0. The maximum Gasteiger partial charge on any atom is 0.317 e. The van der Waals surface area contributed by atoms with Gasteiger partial charge in [-0.3, -0.25) is 14.4 Å². The number of carbonyl (C=O) groups excluding carboxylic acids is 3. The van der Waals surface area contributed by atoms with E-state index in [1.54, 1.807) is 25.1 Å². The highest BCUT2D eigenvalue weighted by molar-refractivity contribution is 5.88. The van der Waals surface area contributed by atoms with Crippen LogP contribution in [0.4, 0.5) is 0 Å². The monoisotopic (exact) mass is 244 g/mol. The fraction of sp³-hybridized carbons (Fsp3) is 0.214. The molecule has 4 heteroatoms. The Morgan fingerprint density at radius 1 is 1.28 bits per heavy atom. The van der Waals surface area contributed by atoms with Crippen LogP contribution in [0.2, 0.25) is 0 Å². The molecule has 0 fully saturated rings. The van der Waals surface area contributed by atoms with Crippen LogP contribution in [0, 0.1) is 11.8 Å². The van der Waals surface area contributed by atoms with Gasteiger partial charge in [0.05, 0.1) is 6.61 Å². The zero-order chi connectivity index (χ0) is 13.4. The molecule has 0 saturated carbocycles. The molecule has 0 unspecified atom stereocenters. The van der Waals surface area contributed by atoms with Gasteiger partial charge >= 0.3 is 5.97 Å². The van der Waals surface area contributed by atoms with Crippen LogP contribution >= 0.6 is 0 Å². The summed E-state index contributed by atoms with van der Waals surface area (Å²) in [5.74, 6) is 4.82. The first-order valence-corrected chi connectivity index (χ1v) is 5.40. The lowest BCUT2D eigenvalue weighted by Crippen LogP contribution is -2.02. The van der Waals surface area contributed by atoms with E-state index in [9.17, 15) is 14.4 Å². The average Bonchev–Trinajstić information content (AvgIpc) is 2.39. The third-order valence-electron chi connectivity index (χ3n) is 2.13. The molecular weight excluding hydrogens is 232 g/mol. The Morgan fingerprint density at radius 3 is 2.39 bits per heavy atom. The smallest absolute Gasteiger partial charge is 0.317 e. The van der Waals surface area contributed by atoms with Gasteiger partial charge in [0, 0.05) is 16.7 Å². The van der Waals surface area contributed by atoms with Gasteiger partial charge in [-0.25, -0.2) is 0 Å². The third-order valence-corrected chi connectivity index (χ3v) is 2.13. The van der Waals surface area contributed by atoms with E-state index in [1.807, 2.05) is 0 Å². The fourth-order valence-corrected chi connectivity index (χ4v) is 1.35. The van der Waals surface area contributed by atoms with Crippen LogP contribution < -0.4 is 0 Å². The van der Waals surface area contributed by atoms with Crippen molar-refractivity contribution in [3.63, 3.8) is 0 Å². The Balaban J connectivity index is 2.96. The summed E-state index contributed by atoms with van der Waals surface area (Å²) in [6.07, 6.45) is 1.18. The van der Waals surface area contributed by atoms with Crippen molar-refractivity contribution in [3.8, 4) is 11.8 Å². The van der Waals surface area contributed by atoms with Crippen LogP contribution in [0.25, 0.3) is 0 Å². The van der Waals surface area contributed by atoms with E-state index in [0.717, 1.165) is 0 Å². The second-order valence-electron chi connectivity index (χ2n) is 3.33. The van der Waals surface area contributed by atoms with Gasteiger partial charge in [-0.05, 0) is 6.92 Å². The van der Waals surface area contributed by atoms with Gasteiger partial charge in [-0.2, -0.15) is 0 Å². The SMILES string of the molecule is CCOC(=O)CC#Cc1c(C=O)cccc1C=O. The minimum atomic E-state index is -0.429. The van der Waals surface area contributed by atoms with Gasteiger partial charge in [0.25, 0.3) is 0 Å². The van der Waals surface area contributed by atoms with Crippen LogP contribution in [-0.2, 0) is 9.53 Å². The third kappa shape index (κ3) is 3.56. The van der Waals surface area contributed by atoms with Crippen molar-refractivity contribution in [2.24, 2.45) is 0 Å². The lowest BCUT2D eigenvalue weighted by atomic mass is 10.0. The minimum absolute atomic E-state index is 0.0701. The zero-order valence-electron chi connectivity index (χ0n) is 9.93. The molecule has 1 aromatic rings. The molecule has 1 aromatic carbocycles. The van der Waals surface area contributed by atoms with Gasteiger partial charge in [-0.15, -0.1) is 0 Å². The number of benzene rings is 1. The van der Waals surface area contributed by atoms with Gasteiger partial charge in [0.2, 0.25) is 0 Å². The van der Waals surface area contributed by atoms with Crippen molar-refractivity contribution in [3.05, 3.63) is 34.9 Å². The number of carbonyl (C=O) groups is 3. The summed E-state index contributed by atoms with van der Waals surface area (Å²) in [6, 6.07) is 4.73. The molecule has 0 N–H and O–H groups in total. The van der Waals surface area contributed by atoms with Crippen molar-refractivity contribution in [2.75, 3.05) is 6.61 Å². The van der Waals surface area contributed by atoms with E-state index in [2.05, 4.69) is 11.8 Å². The average molecular weight is 244 g/mol. The highest BCUT2D eigenvalue weighted by Gasteiger charge is 2.04. The summed E-state index contributed by atoms with van der Waals surface area (Å²) >= 11 is 0. The second-order valence-corrected chi connectivity index (χ2v) is 3.33.